The van der Waals surface area contributed by atoms with Gasteiger partial charge in [0.2, 0.25) is 0 Å². The van der Waals surface area contributed by atoms with Crippen molar-refractivity contribution in [1.82, 2.24) is 0 Å². The molecule has 0 radical (unpaired) electrons. The van der Waals surface area contributed by atoms with E-state index in [0.717, 1.165) is 17.4 Å². The topological polar surface area (TPSA) is 20.2 Å². The van der Waals surface area contributed by atoms with Gasteiger partial charge in [-0.15, -0.1) is 0 Å². The van der Waals surface area contributed by atoms with Crippen LogP contribution in [0.2, 0.25) is 0 Å². The highest BCUT2D eigenvalue weighted by molar-refractivity contribution is 5.33. The molecule has 1 N–H and O–H groups in total. The fraction of sp³-hybridized carbons (Fsp3) is 0.625. The van der Waals surface area contributed by atoms with E-state index in [4.69, 9.17) is 0 Å². The molecule has 0 bridgehead atoms. The summed E-state index contributed by atoms with van der Waals surface area (Å²) in [6, 6.07) is 3.63. The summed E-state index contributed by atoms with van der Waals surface area (Å²) in [5, 5.41) is 10.5. The zero-order valence-electron chi connectivity index (χ0n) is 11.1. The van der Waals surface area contributed by atoms with Crippen molar-refractivity contribution in [2.45, 2.75) is 45.6 Å². The van der Waals surface area contributed by atoms with E-state index < -0.39 is 6.10 Å². The third-order valence-corrected chi connectivity index (χ3v) is 4.89. The predicted octanol–water partition coefficient (Wildman–Crippen LogP) is 3.91. The number of hydrogen-bond acceptors (Lipinski definition) is 1. The van der Waals surface area contributed by atoms with Crippen LogP contribution >= 0.6 is 0 Å². The molecule has 98 valence electrons. The maximum atomic E-state index is 13.6. The molecule has 1 aromatic rings. The van der Waals surface area contributed by atoms with E-state index in [1.165, 1.54) is 25.7 Å². The van der Waals surface area contributed by atoms with E-state index in [1.54, 1.807) is 13.8 Å². The van der Waals surface area contributed by atoms with Crippen LogP contribution in [0.4, 0.5) is 4.39 Å². The van der Waals surface area contributed by atoms with Gasteiger partial charge in [0.1, 0.15) is 5.82 Å². The molecule has 0 amide bonds. The van der Waals surface area contributed by atoms with Gasteiger partial charge in [0.05, 0.1) is 6.10 Å². The number of benzene rings is 1. The Morgan fingerprint density at radius 2 is 1.61 bits per heavy atom. The lowest BCUT2D eigenvalue weighted by molar-refractivity contribution is 0.142. The molecule has 0 aromatic heterocycles. The molecule has 2 saturated carbocycles. The van der Waals surface area contributed by atoms with Gasteiger partial charge in [-0.3, -0.25) is 0 Å². The summed E-state index contributed by atoms with van der Waals surface area (Å²) >= 11 is 0. The number of hydrogen-bond donors (Lipinski definition) is 1. The molecule has 1 aromatic carbocycles. The van der Waals surface area contributed by atoms with Crippen molar-refractivity contribution in [1.29, 1.82) is 0 Å². The monoisotopic (exact) mass is 248 g/mol. The highest BCUT2D eigenvalue weighted by Gasteiger charge is 2.54. The quantitative estimate of drug-likeness (QED) is 0.841. The van der Waals surface area contributed by atoms with Crippen molar-refractivity contribution in [3.63, 3.8) is 0 Å². The summed E-state index contributed by atoms with van der Waals surface area (Å²) in [6.07, 6.45) is 4.77. The number of aliphatic hydroxyl groups is 1. The Hall–Kier alpha value is -0.890. The molecule has 2 aliphatic rings. The van der Waals surface area contributed by atoms with Crippen LogP contribution in [0.15, 0.2) is 12.1 Å². The van der Waals surface area contributed by atoms with Crippen LogP contribution in [0.1, 0.15) is 48.5 Å². The molecule has 3 rings (SSSR count). The van der Waals surface area contributed by atoms with Crippen LogP contribution in [-0.4, -0.2) is 5.11 Å². The molecule has 0 saturated heterocycles. The Bertz CT molecular complexity index is 433. The molecule has 2 fully saturated rings. The molecule has 0 aliphatic heterocycles. The Morgan fingerprint density at radius 3 is 2.11 bits per heavy atom. The summed E-state index contributed by atoms with van der Waals surface area (Å²) in [6.45, 7) is 3.55. The first-order valence-corrected chi connectivity index (χ1v) is 7.04. The number of rotatable bonds is 2. The molecule has 2 aliphatic carbocycles. The summed E-state index contributed by atoms with van der Waals surface area (Å²) < 4.78 is 13.6. The van der Waals surface area contributed by atoms with E-state index in [2.05, 4.69) is 0 Å². The van der Waals surface area contributed by atoms with Crippen LogP contribution < -0.4 is 0 Å². The highest BCUT2D eigenvalue weighted by Crippen LogP contribution is 2.60. The average Bonchev–Trinajstić information content (AvgIpc) is 3.08. The second kappa shape index (κ2) is 4.34. The molecular weight excluding hydrogens is 227 g/mol. The lowest BCUT2D eigenvalue weighted by atomic mass is 9.98. The number of halogens is 1. The van der Waals surface area contributed by atoms with Gasteiger partial charge in [-0.1, -0.05) is 25.0 Å². The SMILES string of the molecule is Cc1cc(C(O)C2C3CCCCC32)cc(C)c1F. The van der Waals surface area contributed by atoms with E-state index in [9.17, 15) is 9.50 Å². The standard InChI is InChI=1S/C16H21FO/c1-9-7-11(8-10(2)15(9)17)16(18)14-12-5-3-4-6-13(12)14/h7-8,12-14,16,18H,3-6H2,1-2H3. The number of aryl methyl sites for hydroxylation is 2. The molecule has 2 heteroatoms. The normalized spacial score (nSPS) is 31.9. The van der Waals surface area contributed by atoms with Crippen LogP contribution in [0, 0.1) is 37.4 Å². The van der Waals surface area contributed by atoms with Crippen molar-refractivity contribution in [2.24, 2.45) is 17.8 Å². The Kier molecular flexibility index (Phi) is 2.93. The first-order valence-electron chi connectivity index (χ1n) is 7.04. The van der Waals surface area contributed by atoms with Crippen molar-refractivity contribution < 1.29 is 9.50 Å². The second-order valence-electron chi connectivity index (χ2n) is 6.10. The molecule has 1 nitrogen and oxygen atoms in total. The van der Waals surface area contributed by atoms with Crippen LogP contribution in [-0.2, 0) is 0 Å². The molecule has 18 heavy (non-hydrogen) atoms. The lowest BCUT2D eigenvalue weighted by Crippen LogP contribution is -2.04. The second-order valence-corrected chi connectivity index (χ2v) is 6.10. The first-order chi connectivity index (χ1) is 8.59. The fourth-order valence-corrected chi connectivity index (χ4v) is 3.89. The maximum Gasteiger partial charge on any atom is 0.129 e. The Morgan fingerprint density at radius 1 is 1.11 bits per heavy atom. The summed E-state index contributed by atoms with van der Waals surface area (Å²) in [5.41, 5.74) is 2.20. The van der Waals surface area contributed by atoms with Gasteiger partial charge in [-0.05, 0) is 61.1 Å². The Balaban J connectivity index is 1.83. The molecule has 3 atom stereocenters. The lowest BCUT2D eigenvalue weighted by Gasteiger charge is -2.13. The zero-order valence-corrected chi connectivity index (χ0v) is 11.1. The molecular formula is C16H21FO. The fourth-order valence-electron chi connectivity index (χ4n) is 3.89. The zero-order chi connectivity index (χ0) is 12.9. The molecule has 0 spiro atoms. The van der Waals surface area contributed by atoms with Gasteiger partial charge in [0, 0.05) is 0 Å². The third kappa shape index (κ3) is 1.87. The predicted molar refractivity (Wildman–Crippen MR) is 69.8 cm³/mol. The minimum absolute atomic E-state index is 0.140. The van der Waals surface area contributed by atoms with Gasteiger partial charge in [0.25, 0.3) is 0 Å². The summed E-state index contributed by atoms with van der Waals surface area (Å²) in [7, 11) is 0. The minimum atomic E-state index is -0.393. The van der Waals surface area contributed by atoms with Gasteiger partial charge in [0.15, 0.2) is 0 Å². The Labute approximate surface area is 108 Å². The van der Waals surface area contributed by atoms with Crippen molar-refractivity contribution in [3.05, 3.63) is 34.6 Å². The molecule has 0 heterocycles. The maximum absolute atomic E-state index is 13.6. The van der Waals surface area contributed by atoms with Crippen molar-refractivity contribution >= 4 is 0 Å². The van der Waals surface area contributed by atoms with Crippen LogP contribution in [0.5, 0.6) is 0 Å². The first kappa shape index (κ1) is 12.2. The van der Waals surface area contributed by atoms with E-state index in [-0.39, 0.29) is 5.82 Å². The minimum Gasteiger partial charge on any atom is -0.388 e. The van der Waals surface area contributed by atoms with Gasteiger partial charge in [-0.25, -0.2) is 4.39 Å². The van der Waals surface area contributed by atoms with E-state index in [0.29, 0.717) is 17.0 Å². The van der Waals surface area contributed by atoms with E-state index >= 15 is 0 Å². The van der Waals surface area contributed by atoms with Gasteiger partial charge in [-0.2, -0.15) is 0 Å². The van der Waals surface area contributed by atoms with Crippen molar-refractivity contribution in [3.8, 4) is 0 Å². The van der Waals surface area contributed by atoms with Crippen LogP contribution in [0.25, 0.3) is 0 Å². The molecule has 3 unspecified atom stereocenters. The van der Waals surface area contributed by atoms with Crippen LogP contribution in [0.3, 0.4) is 0 Å². The van der Waals surface area contributed by atoms with Crippen molar-refractivity contribution in [2.75, 3.05) is 0 Å². The summed E-state index contributed by atoms with van der Waals surface area (Å²) in [5.74, 6) is 1.73. The number of aliphatic hydroxyl groups excluding tert-OH is 1. The van der Waals surface area contributed by atoms with Gasteiger partial charge >= 0.3 is 0 Å². The van der Waals surface area contributed by atoms with Gasteiger partial charge < -0.3 is 5.11 Å². The smallest absolute Gasteiger partial charge is 0.129 e. The van der Waals surface area contributed by atoms with E-state index in [1.807, 2.05) is 12.1 Å². The highest BCUT2D eigenvalue weighted by atomic mass is 19.1. The summed E-state index contributed by atoms with van der Waals surface area (Å²) in [4.78, 5) is 0. The largest absolute Gasteiger partial charge is 0.388 e. The third-order valence-electron chi connectivity index (χ3n) is 4.89. The number of fused-ring (bicyclic) bond motifs is 1. The average molecular weight is 248 g/mol.